The van der Waals surface area contributed by atoms with Gasteiger partial charge in [0.2, 0.25) is 10.0 Å². The molecule has 0 saturated heterocycles. The molecule has 0 aromatic heterocycles. The number of urea groups is 1. The third kappa shape index (κ3) is 4.48. The number of carbonyl (C=O) groups is 1. The number of rotatable bonds is 6. The maximum absolute atomic E-state index is 12.3. The molecular weight excluding hydrogens is 326 g/mol. The van der Waals surface area contributed by atoms with E-state index < -0.39 is 10.0 Å². The topological polar surface area (TPSA) is 87.3 Å². The van der Waals surface area contributed by atoms with Crippen LogP contribution in [0.1, 0.15) is 45.4 Å². The van der Waals surface area contributed by atoms with Crippen molar-refractivity contribution in [3.63, 3.8) is 0 Å². The van der Waals surface area contributed by atoms with Crippen LogP contribution in [0, 0.1) is 5.92 Å². The van der Waals surface area contributed by atoms with Crippen molar-refractivity contribution in [1.82, 2.24) is 10.0 Å². The van der Waals surface area contributed by atoms with Crippen LogP contribution in [0.4, 0.5) is 10.5 Å². The van der Waals surface area contributed by atoms with Gasteiger partial charge in [-0.05, 0) is 62.8 Å². The van der Waals surface area contributed by atoms with E-state index in [9.17, 15) is 13.2 Å². The lowest BCUT2D eigenvalue weighted by Crippen LogP contribution is -2.37. The molecule has 0 bridgehead atoms. The van der Waals surface area contributed by atoms with Crippen molar-refractivity contribution in [2.24, 2.45) is 5.92 Å². The van der Waals surface area contributed by atoms with Gasteiger partial charge in [0.15, 0.2) is 0 Å². The van der Waals surface area contributed by atoms with E-state index in [-0.39, 0.29) is 23.0 Å². The summed E-state index contributed by atoms with van der Waals surface area (Å²) in [4.78, 5) is 12.1. The molecule has 2 aliphatic carbocycles. The Hall–Kier alpha value is -1.60. The van der Waals surface area contributed by atoms with E-state index in [1.165, 1.54) is 25.0 Å². The molecule has 1 aromatic carbocycles. The molecule has 2 amide bonds. The normalized spacial score (nSPS) is 19.9. The molecule has 2 saturated carbocycles. The minimum atomic E-state index is -3.49. The Morgan fingerprint density at radius 2 is 1.71 bits per heavy atom. The molecule has 132 valence electrons. The highest BCUT2D eigenvalue weighted by molar-refractivity contribution is 7.89. The van der Waals surface area contributed by atoms with Gasteiger partial charge >= 0.3 is 6.03 Å². The Morgan fingerprint density at radius 3 is 2.29 bits per heavy atom. The second-order valence-corrected chi connectivity index (χ2v) is 8.57. The Labute approximate surface area is 143 Å². The smallest absolute Gasteiger partial charge is 0.319 e. The third-order valence-electron chi connectivity index (χ3n) is 4.79. The van der Waals surface area contributed by atoms with Gasteiger partial charge in [0.05, 0.1) is 4.90 Å². The number of hydrogen-bond acceptors (Lipinski definition) is 3. The maximum Gasteiger partial charge on any atom is 0.319 e. The van der Waals surface area contributed by atoms with Crippen LogP contribution < -0.4 is 15.4 Å². The van der Waals surface area contributed by atoms with Gasteiger partial charge in [-0.25, -0.2) is 17.9 Å². The zero-order chi connectivity index (χ0) is 17.2. The summed E-state index contributed by atoms with van der Waals surface area (Å²) in [5, 5.41) is 5.64. The van der Waals surface area contributed by atoms with Crippen LogP contribution in [0.15, 0.2) is 29.2 Å². The summed E-state index contributed by atoms with van der Waals surface area (Å²) in [5.41, 5.74) is 0.579. The van der Waals surface area contributed by atoms with Crippen LogP contribution in [-0.4, -0.2) is 26.5 Å². The lowest BCUT2D eigenvalue weighted by molar-refractivity contribution is 0.248. The van der Waals surface area contributed by atoms with Crippen molar-refractivity contribution >= 4 is 21.7 Å². The average molecular weight is 351 g/mol. The summed E-state index contributed by atoms with van der Waals surface area (Å²) in [5.74, 6) is 0.588. The lowest BCUT2D eigenvalue weighted by Gasteiger charge is -2.15. The molecule has 0 aliphatic heterocycles. The van der Waals surface area contributed by atoms with Crippen LogP contribution in [0.2, 0.25) is 0 Å². The molecule has 0 spiro atoms. The molecule has 7 heteroatoms. The molecule has 0 unspecified atom stereocenters. The third-order valence-corrected chi connectivity index (χ3v) is 6.32. The fraction of sp³-hybridized carbons (Fsp3) is 0.588. The monoisotopic (exact) mass is 351 g/mol. The molecule has 3 rings (SSSR count). The highest BCUT2D eigenvalue weighted by atomic mass is 32.2. The van der Waals surface area contributed by atoms with Crippen molar-refractivity contribution < 1.29 is 13.2 Å². The number of anilines is 1. The fourth-order valence-electron chi connectivity index (χ4n) is 3.14. The average Bonchev–Trinajstić information content (AvgIpc) is 3.27. The number of nitrogens with one attached hydrogen (secondary N) is 3. The van der Waals surface area contributed by atoms with Gasteiger partial charge in [-0.15, -0.1) is 0 Å². The predicted molar refractivity (Wildman–Crippen MR) is 93.4 cm³/mol. The lowest BCUT2D eigenvalue weighted by atomic mass is 10.2. The van der Waals surface area contributed by atoms with Crippen molar-refractivity contribution in [1.29, 1.82) is 0 Å². The highest BCUT2D eigenvalue weighted by Gasteiger charge is 2.29. The second-order valence-electron chi connectivity index (χ2n) is 6.85. The van der Waals surface area contributed by atoms with Crippen LogP contribution in [0.3, 0.4) is 0 Å². The minimum Gasteiger partial charge on any atom is -0.335 e. The summed E-state index contributed by atoms with van der Waals surface area (Å²) >= 11 is 0. The van der Waals surface area contributed by atoms with E-state index in [4.69, 9.17) is 0 Å². The number of hydrogen-bond donors (Lipinski definition) is 3. The van der Waals surface area contributed by atoms with Gasteiger partial charge in [0.1, 0.15) is 0 Å². The Morgan fingerprint density at radius 1 is 1.08 bits per heavy atom. The largest absolute Gasteiger partial charge is 0.335 e. The van der Waals surface area contributed by atoms with Gasteiger partial charge in [0, 0.05) is 17.8 Å². The first kappa shape index (κ1) is 17.2. The molecule has 6 nitrogen and oxygen atoms in total. The Balaban J connectivity index is 1.56. The molecule has 1 atom stereocenters. The molecule has 2 fully saturated rings. The van der Waals surface area contributed by atoms with Crippen LogP contribution in [-0.2, 0) is 10.0 Å². The first-order valence-corrected chi connectivity index (χ1v) is 10.1. The standard InChI is InChI=1S/C17H25N3O3S/c1-12(13-6-7-13)18-17(21)19-14-8-10-16(11-9-14)24(22,23)20-15-4-2-3-5-15/h8-13,15,20H,2-7H2,1H3,(H2,18,19,21)/t12-/m0/s1. The number of benzene rings is 1. The molecule has 0 radical (unpaired) electrons. The quantitative estimate of drug-likeness (QED) is 0.736. The summed E-state index contributed by atoms with van der Waals surface area (Å²) in [6.07, 6.45) is 6.29. The van der Waals surface area contributed by atoms with Crippen LogP contribution in [0.5, 0.6) is 0 Å². The summed E-state index contributed by atoms with van der Waals surface area (Å²) in [6, 6.07) is 6.24. The Bertz CT molecular complexity index is 678. The van der Waals surface area contributed by atoms with E-state index in [0.717, 1.165) is 25.7 Å². The molecule has 24 heavy (non-hydrogen) atoms. The summed E-state index contributed by atoms with van der Waals surface area (Å²) in [6.45, 7) is 2.00. The maximum atomic E-state index is 12.3. The zero-order valence-corrected chi connectivity index (χ0v) is 14.7. The van der Waals surface area contributed by atoms with Gasteiger partial charge in [-0.2, -0.15) is 0 Å². The molecule has 1 aromatic rings. The van der Waals surface area contributed by atoms with Gasteiger partial charge < -0.3 is 10.6 Å². The van der Waals surface area contributed by atoms with Crippen molar-refractivity contribution in [2.45, 2.75) is 62.4 Å². The number of carbonyl (C=O) groups excluding carboxylic acids is 1. The van der Waals surface area contributed by atoms with Crippen LogP contribution >= 0.6 is 0 Å². The van der Waals surface area contributed by atoms with E-state index >= 15 is 0 Å². The van der Waals surface area contributed by atoms with E-state index in [1.54, 1.807) is 12.1 Å². The van der Waals surface area contributed by atoms with Crippen molar-refractivity contribution in [2.75, 3.05) is 5.32 Å². The molecular formula is C17H25N3O3S. The zero-order valence-electron chi connectivity index (χ0n) is 13.9. The van der Waals surface area contributed by atoms with Crippen molar-refractivity contribution in [3.8, 4) is 0 Å². The number of sulfonamides is 1. The number of amides is 2. The minimum absolute atomic E-state index is 0.0440. The fourth-order valence-corrected chi connectivity index (χ4v) is 4.44. The van der Waals surface area contributed by atoms with Gasteiger partial charge in [-0.1, -0.05) is 12.8 Å². The van der Waals surface area contributed by atoms with Crippen molar-refractivity contribution in [3.05, 3.63) is 24.3 Å². The molecule has 3 N–H and O–H groups in total. The summed E-state index contributed by atoms with van der Waals surface area (Å²) in [7, 11) is -3.49. The van der Waals surface area contributed by atoms with Gasteiger partial charge in [0.25, 0.3) is 0 Å². The molecule has 0 heterocycles. The second kappa shape index (κ2) is 7.11. The first-order chi connectivity index (χ1) is 11.4. The predicted octanol–water partition coefficient (Wildman–Crippen LogP) is 2.83. The van der Waals surface area contributed by atoms with E-state index in [2.05, 4.69) is 15.4 Å². The highest BCUT2D eigenvalue weighted by Crippen LogP contribution is 2.32. The first-order valence-electron chi connectivity index (χ1n) is 8.64. The van der Waals surface area contributed by atoms with Gasteiger partial charge in [-0.3, -0.25) is 0 Å². The summed E-state index contributed by atoms with van der Waals surface area (Å²) < 4.78 is 27.4. The SMILES string of the molecule is C[C@H](NC(=O)Nc1ccc(S(=O)(=O)NC2CCCC2)cc1)C1CC1. The molecule has 2 aliphatic rings. The van der Waals surface area contributed by atoms with E-state index in [1.807, 2.05) is 6.92 Å². The van der Waals surface area contributed by atoms with Crippen LogP contribution in [0.25, 0.3) is 0 Å². The van der Waals surface area contributed by atoms with E-state index in [0.29, 0.717) is 11.6 Å². The Kier molecular flexibility index (Phi) is 5.10.